The number of H-pyrrole nitrogens is 1. The zero-order valence-corrected chi connectivity index (χ0v) is 12.0. The first kappa shape index (κ1) is 15.7. The summed E-state index contributed by atoms with van der Waals surface area (Å²) in [6.45, 7) is 2.23. The van der Waals surface area contributed by atoms with Gasteiger partial charge >= 0.3 is 0 Å². The van der Waals surface area contributed by atoms with Gasteiger partial charge in [0.15, 0.2) is 5.78 Å². The molecule has 0 amide bonds. The van der Waals surface area contributed by atoms with Gasteiger partial charge in [0.1, 0.15) is 0 Å². The number of nitrogens with zero attached hydrogens (tertiary/aromatic N) is 1. The molecule has 1 rings (SSSR count). The lowest BCUT2D eigenvalue weighted by molar-refractivity contribution is 0.0976. The number of ketones is 1. The molecular formula is C15H26N2O2. The van der Waals surface area contributed by atoms with Crippen LogP contribution in [-0.4, -0.2) is 21.1 Å². The number of aromatic amines is 1. The summed E-state index contributed by atoms with van der Waals surface area (Å²) in [7, 11) is 0. The predicted molar refractivity (Wildman–Crippen MR) is 76.4 cm³/mol. The standard InChI is InChI=1S/C15H26N2O2/c1-2-3-4-5-6-7-8-9-10-11-14(18)13-12-16-17-15(13)19/h12H,2-11H2,1H3,(H2,16,17,19). The van der Waals surface area contributed by atoms with Crippen molar-refractivity contribution in [2.75, 3.05) is 0 Å². The van der Waals surface area contributed by atoms with Crippen LogP contribution in [0.3, 0.4) is 0 Å². The Morgan fingerprint density at radius 3 is 2.21 bits per heavy atom. The van der Waals surface area contributed by atoms with Crippen LogP contribution in [0.4, 0.5) is 0 Å². The molecule has 4 heteroatoms. The van der Waals surface area contributed by atoms with Gasteiger partial charge in [-0.15, -0.1) is 0 Å². The molecule has 0 radical (unpaired) electrons. The minimum Gasteiger partial charge on any atom is -0.493 e. The Balaban J connectivity index is 1.96. The molecule has 1 aromatic heterocycles. The summed E-state index contributed by atoms with van der Waals surface area (Å²) in [4.78, 5) is 11.7. The molecule has 0 bridgehead atoms. The maximum Gasteiger partial charge on any atom is 0.217 e. The molecule has 4 nitrogen and oxygen atoms in total. The molecule has 0 fully saturated rings. The van der Waals surface area contributed by atoms with E-state index in [1.165, 1.54) is 51.1 Å². The van der Waals surface area contributed by atoms with E-state index in [-0.39, 0.29) is 11.7 Å². The van der Waals surface area contributed by atoms with Crippen molar-refractivity contribution >= 4 is 5.78 Å². The van der Waals surface area contributed by atoms with E-state index >= 15 is 0 Å². The highest BCUT2D eigenvalue weighted by Crippen LogP contribution is 2.16. The van der Waals surface area contributed by atoms with E-state index in [4.69, 9.17) is 0 Å². The van der Waals surface area contributed by atoms with E-state index < -0.39 is 0 Å². The van der Waals surface area contributed by atoms with Gasteiger partial charge in [-0.3, -0.25) is 4.79 Å². The Bertz CT molecular complexity index is 361. The van der Waals surface area contributed by atoms with Gasteiger partial charge in [-0.2, -0.15) is 5.10 Å². The average molecular weight is 266 g/mol. The number of hydrogen-bond donors (Lipinski definition) is 2. The van der Waals surface area contributed by atoms with Crippen LogP contribution in [-0.2, 0) is 0 Å². The maximum absolute atomic E-state index is 11.7. The van der Waals surface area contributed by atoms with E-state index in [9.17, 15) is 9.90 Å². The van der Waals surface area contributed by atoms with E-state index in [2.05, 4.69) is 17.1 Å². The summed E-state index contributed by atoms with van der Waals surface area (Å²) in [5, 5.41) is 15.3. The summed E-state index contributed by atoms with van der Waals surface area (Å²) in [5.74, 6) is -0.130. The van der Waals surface area contributed by atoms with Gasteiger partial charge in [0.2, 0.25) is 5.88 Å². The van der Waals surface area contributed by atoms with Crippen LogP contribution in [0.5, 0.6) is 5.88 Å². The predicted octanol–water partition coefficient (Wildman–Crippen LogP) is 4.22. The molecule has 0 aliphatic rings. The van der Waals surface area contributed by atoms with Crippen molar-refractivity contribution in [2.45, 2.75) is 71.1 Å². The third kappa shape index (κ3) is 6.41. The van der Waals surface area contributed by atoms with Crippen LogP contribution >= 0.6 is 0 Å². The number of nitrogens with one attached hydrogen (secondary N) is 1. The number of rotatable bonds is 11. The molecule has 2 N–H and O–H groups in total. The molecule has 0 aromatic carbocycles. The van der Waals surface area contributed by atoms with Crippen molar-refractivity contribution in [1.82, 2.24) is 10.2 Å². The fourth-order valence-corrected chi connectivity index (χ4v) is 2.21. The van der Waals surface area contributed by atoms with Crippen molar-refractivity contribution in [2.24, 2.45) is 0 Å². The molecule has 108 valence electrons. The van der Waals surface area contributed by atoms with Crippen LogP contribution in [0.2, 0.25) is 0 Å². The Kier molecular flexibility index (Phi) is 7.94. The van der Waals surface area contributed by atoms with Crippen LogP contribution in [0.15, 0.2) is 6.20 Å². The lowest BCUT2D eigenvalue weighted by Crippen LogP contribution is -1.97. The van der Waals surface area contributed by atoms with Gasteiger partial charge in [-0.05, 0) is 6.42 Å². The molecule has 19 heavy (non-hydrogen) atoms. The van der Waals surface area contributed by atoms with Crippen molar-refractivity contribution in [1.29, 1.82) is 0 Å². The first-order valence-electron chi connectivity index (χ1n) is 7.51. The molecule has 0 atom stereocenters. The van der Waals surface area contributed by atoms with Gasteiger partial charge in [-0.1, -0.05) is 58.3 Å². The first-order valence-corrected chi connectivity index (χ1v) is 7.51. The summed E-state index contributed by atoms with van der Waals surface area (Å²) >= 11 is 0. The molecule has 1 aromatic rings. The zero-order chi connectivity index (χ0) is 13.9. The second-order valence-electron chi connectivity index (χ2n) is 5.13. The van der Waals surface area contributed by atoms with Crippen LogP contribution < -0.4 is 0 Å². The number of Topliss-reactive ketones (excluding diaryl/α,β-unsaturated/α-hetero) is 1. The number of hydrogen-bond acceptors (Lipinski definition) is 3. The third-order valence-corrected chi connectivity index (χ3v) is 3.43. The normalized spacial score (nSPS) is 10.8. The van der Waals surface area contributed by atoms with Gasteiger partial charge in [0.25, 0.3) is 0 Å². The Morgan fingerprint density at radius 2 is 1.68 bits per heavy atom. The smallest absolute Gasteiger partial charge is 0.217 e. The highest BCUT2D eigenvalue weighted by atomic mass is 16.3. The van der Waals surface area contributed by atoms with Crippen molar-refractivity contribution in [3.8, 4) is 5.88 Å². The molecule has 1 heterocycles. The van der Waals surface area contributed by atoms with Crippen molar-refractivity contribution in [3.05, 3.63) is 11.8 Å². The van der Waals surface area contributed by atoms with Gasteiger partial charge in [0, 0.05) is 6.42 Å². The monoisotopic (exact) mass is 266 g/mol. The molecule has 0 spiro atoms. The lowest BCUT2D eigenvalue weighted by Gasteiger charge is -2.01. The fraction of sp³-hybridized carbons (Fsp3) is 0.733. The second-order valence-corrected chi connectivity index (χ2v) is 5.13. The maximum atomic E-state index is 11.7. The number of aromatic hydroxyl groups is 1. The molecule has 0 aliphatic carbocycles. The third-order valence-electron chi connectivity index (χ3n) is 3.43. The average Bonchev–Trinajstić information content (AvgIpc) is 2.83. The van der Waals surface area contributed by atoms with Crippen LogP contribution in [0, 0.1) is 0 Å². The van der Waals surface area contributed by atoms with Gasteiger partial charge in [0.05, 0.1) is 11.8 Å². The molecule has 0 unspecified atom stereocenters. The SMILES string of the molecule is CCCCCCCCCCCC(=O)c1cn[nH]c1O. The molecule has 0 saturated heterocycles. The Labute approximate surface area is 115 Å². The van der Waals surface area contributed by atoms with E-state index in [1.807, 2.05) is 0 Å². The van der Waals surface area contributed by atoms with E-state index in [0.717, 1.165) is 12.8 Å². The summed E-state index contributed by atoms with van der Waals surface area (Å²) < 4.78 is 0. The number of carbonyl (C=O) groups is 1. The van der Waals surface area contributed by atoms with Crippen LogP contribution in [0.25, 0.3) is 0 Å². The van der Waals surface area contributed by atoms with Crippen LogP contribution in [0.1, 0.15) is 81.5 Å². The zero-order valence-electron chi connectivity index (χ0n) is 12.0. The van der Waals surface area contributed by atoms with Crippen molar-refractivity contribution in [3.63, 3.8) is 0 Å². The van der Waals surface area contributed by atoms with Crippen molar-refractivity contribution < 1.29 is 9.90 Å². The van der Waals surface area contributed by atoms with E-state index in [0.29, 0.717) is 12.0 Å². The molecule has 0 saturated carbocycles. The number of unbranched alkanes of at least 4 members (excludes halogenated alkanes) is 8. The topological polar surface area (TPSA) is 66.0 Å². The first-order chi connectivity index (χ1) is 9.25. The Morgan fingerprint density at radius 1 is 1.11 bits per heavy atom. The second kappa shape index (κ2) is 9.59. The largest absolute Gasteiger partial charge is 0.493 e. The highest BCUT2D eigenvalue weighted by Gasteiger charge is 2.12. The summed E-state index contributed by atoms with van der Waals surface area (Å²) in [6.07, 6.45) is 13.0. The summed E-state index contributed by atoms with van der Waals surface area (Å²) in [6, 6.07) is 0. The molecule has 0 aliphatic heterocycles. The number of carbonyl (C=O) groups excluding carboxylic acids is 1. The fourth-order valence-electron chi connectivity index (χ4n) is 2.21. The lowest BCUT2D eigenvalue weighted by atomic mass is 10.0. The summed E-state index contributed by atoms with van der Waals surface area (Å²) in [5.41, 5.74) is 0.319. The molecular weight excluding hydrogens is 240 g/mol. The Hall–Kier alpha value is -1.32. The van der Waals surface area contributed by atoms with E-state index in [1.54, 1.807) is 0 Å². The van der Waals surface area contributed by atoms with Gasteiger partial charge < -0.3 is 5.11 Å². The minimum atomic E-state index is -0.110. The minimum absolute atomic E-state index is 0.0193. The highest BCUT2D eigenvalue weighted by molar-refractivity contribution is 5.97. The quantitative estimate of drug-likeness (QED) is 0.465. The van der Waals surface area contributed by atoms with Gasteiger partial charge in [-0.25, -0.2) is 5.10 Å². The number of aromatic nitrogens is 2.